The van der Waals surface area contributed by atoms with Gasteiger partial charge in [-0.1, -0.05) is 5.21 Å². The molecule has 0 aliphatic carbocycles. The van der Waals surface area contributed by atoms with Gasteiger partial charge in [0.25, 0.3) is 5.56 Å². The van der Waals surface area contributed by atoms with E-state index in [-0.39, 0.29) is 16.8 Å². The van der Waals surface area contributed by atoms with Crippen LogP contribution in [0.25, 0.3) is 27.7 Å². The molecular weight excluding hydrogens is 444 g/mol. The van der Waals surface area contributed by atoms with E-state index < -0.39 is 17.5 Å². The third-order valence-corrected chi connectivity index (χ3v) is 5.22. The molecule has 0 atom stereocenters. The zero-order valence-corrected chi connectivity index (χ0v) is 18.7. The van der Waals surface area contributed by atoms with E-state index in [1.165, 1.54) is 21.3 Å². The van der Waals surface area contributed by atoms with Crippen molar-refractivity contribution in [3.63, 3.8) is 0 Å². The van der Waals surface area contributed by atoms with Crippen molar-refractivity contribution in [1.82, 2.24) is 20.0 Å². The van der Waals surface area contributed by atoms with Crippen LogP contribution in [0.1, 0.15) is 21.0 Å². The molecule has 11 nitrogen and oxygen atoms in total. The van der Waals surface area contributed by atoms with Crippen LogP contribution in [0.3, 0.4) is 0 Å². The normalized spacial score (nSPS) is 10.7. The van der Waals surface area contributed by atoms with Gasteiger partial charge in [0.1, 0.15) is 11.5 Å². The topological polar surface area (TPSA) is 135 Å². The van der Waals surface area contributed by atoms with Gasteiger partial charge in [-0.05, 0) is 42.5 Å². The SMILES string of the molecule is COC(=O)c1nnn(-c2c(-c3ccc(OC)cc3)[nH]c(=O)c3cc(OC)ccc23)c1C(=O)OC. The second-order valence-corrected chi connectivity index (χ2v) is 7.00. The molecule has 0 amide bonds. The minimum Gasteiger partial charge on any atom is -0.497 e. The Morgan fingerprint density at radius 3 is 2.12 bits per heavy atom. The number of hydrogen-bond donors (Lipinski definition) is 1. The first-order chi connectivity index (χ1) is 16.4. The van der Waals surface area contributed by atoms with Gasteiger partial charge in [-0.15, -0.1) is 5.10 Å². The van der Waals surface area contributed by atoms with Crippen molar-refractivity contribution in [1.29, 1.82) is 0 Å². The number of benzene rings is 2. The molecular formula is C23H20N4O7. The summed E-state index contributed by atoms with van der Waals surface area (Å²) in [5.74, 6) is -0.655. The number of H-pyrrole nitrogens is 1. The maximum Gasteiger partial charge on any atom is 0.361 e. The molecule has 2 aromatic heterocycles. The summed E-state index contributed by atoms with van der Waals surface area (Å²) in [6.45, 7) is 0. The van der Waals surface area contributed by atoms with E-state index in [4.69, 9.17) is 18.9 Å². The Labute approximate surface area is 192 Å². The maximum atomic E-state index is 13.0. The monoisotopic (exact) mass is 464 g/mol. The summed E-state index contributed by atoms with van der Waals surface area (Å²) in [6.07, 6.45) is 0. The molecule has 0 saturated heterocycles. The van der Waals surface area contributed by atoms with Crippen LogP contribution in [0, 0.1) is 0 Å². The van der Waals surface area contributed by atoms with E-state index in [2.05, 4.69) is 15.3 Å². The lowest BCUT2D eigenvalue weighted by Gasteiger charge is -2.15. The van der Waals surface area contributed by atoms with Gasteiger partial charge in [0.15, 0.2) is 5.69 Å². The Bertz CT molecular complexity index is 1450. The van der Waals surface area contributed by atoms with E-state index in [1.54, 1.807) is 42.5 Å². The van der Waals surface area contributed by atoms with E-state index >= 15 is 0 Å². The zero-order valence-electron chi connectivity index (χ0n) is 18.7. The number of ether oxygens (including phenoxy) is 4. The Kier molecular flexibility index (Phi) is 6.00. The number of aromatic amines is 1. The minimum absolute atomic E-state index is 0.256. The van der Waals surface area contributed by atoms with E-state index in [0.717, 1.165) is 11.8 Å². The fraction of sp³-hybridized carbons (Fsp3) is 0.174. The first-order valence-electron chi connectivity index (χ1n) is 9.94. The van der Waals surface area contributed by atoms with Crippen LogP contribution >= 0.6 is 0 Å². The first kappa shape index (κ1) is 22.5. The maximum absolute atomic E-state index is 13.0. The number of pyridine rings is 1. The standard InChI is InChI=1S/C23H20N4O7/c1-31-13-7-5-12(6-8-13)17-19(15-10-9-14(32-2)11-16(15)21(28)24-17)27-20(23(30)34-4)18(25-26-27)22(29)33-3/h5-11H,1-4H3,(H,24,28). The molecule has 0 aliphatic heterocycles. The van der Waals surface area contributed by atoms with Gasteiger partial charge in [0, 0.05) is 10.9 Å². The smallest absolute Gasteiger partial charge is 0.361 e. The molecule has 0 saturated carbocycles. The van der Waals surface area contributed by atoms with E-state index in [1.807, 2.05) is 0 Å². The molecule has 174 valence electrons. The quantitative estimate of drug-likeness (QED) is 0.427. The van der Waals surface area contributed by atoms with Crippen molar-refractivity contribution in [2.45, 2.75) is 0 Å². The predicted octanol–water partition coefficient (Wildman–Crippen LogP) is 2.37. The van der Waals surface area contributed by atoms with Gasteiger partial charge < -0.3 is 23.9 Å². The molecule has 0 aliphatic rings. The fourth-order valence-electron chi connectivity index (χ4n) is 3.56. The molecule has 2 aromatic carbocycles. The van der Waals surface area contributed by atoms with Crippen LogP contribution in [0.15, 0.2) is 47.3 Å². The van der Waals surface area contributed by atoms with Gasteiger partial charge in [-0.3, -0.25) is 4.79 Å². The molecule has 11 heteroatoms. The Balaban J connectivity index is 2.13. The van der Waals surface area contributed by atoms with Crippen LogP contribution in [-0.4, -0.2) is 60.4 Å². The Hall–Kier alpha value is -4.67. The van der Waals surface area contributed by atoms with Gasteiger partial charge >= 0.3 is 11.9 Å². The second kappa shape index (κ2) is 9.06. The van der Waals surface area contributed by atoms with E-state index in [0.29, 0.717) is 33.8 Å². The number of aromatic nitrogens is 4. The fourth-order valence-corrected chi connectivity index (χ4v) is 3.56. The lowest BCUT2D eigenvalue weighted by atomic mass is 10.0. The lowest BCUT2D eigenvalue weighted by molar-refractivity contribution is 0.0546. The molecule has 0 unspecified atom stereocenters. The highest BCUT2D eigenvalue weighted by Gasteiger charge is 2.30. The van der Waals surface area contributed by atoms with Crippen molar-refractivity contribution in [2.24, 2.45) is 0 Å². The highest BCUT2D eigenvalue weighted by molar-refractivity contribution is 6.03. The third-order valence-electron chi connectivity index (χ3n) is 5.22. The summed E-state index contributed by atoms with van der Waals surface area (Å²) >= 11 is 0. The van der Waals surface area contributed by atoms with Gasteiger partial charge in [0.05, 0.1) is 45.2 Å². The van der Waals surface area contributed by atoms with Crippen LogP contribution in [-0.2, 0) is 9.47 Å². The van der Waals surface area contributed by atoms with Crippen LogP contribution in [0.4, 0.5) is 0 Å². The summed E-state index contributed by atoms with van der Waals surface area (Å²) in [4.78, 5) is 40.9. The average Bonchev–Trinajstić information content (AvgIpc) is 3.32. The number of rotatable bonds is 6. The number of nitrogens with one attached hydrogen (secondary N) is 1. The van der Waals surface area contributed by atoms with E-state index in [9.17, 15) is 14.4 Å². The minimum atomic E-state index is -0.868. The molecule has 0 spiro atoms. The number of hydrogen-bond acceptors (Lipinski definition) is 9. The number of carbonyl (C=O) groups excluding carboxylic acids is 2. The molecule has 4 aromatic rings. The second-order valence-electron chi connectivity index (χ2n) is 7.00. The molecule has 0 radical (unpaired) electrons. The summed E-state index contributed by atoms with van der Waals surface area (Å²) in [5, 5.41) is 8.62. The van der Waals surface area contributed by atoms with Gasteiger partial charge in [0.2, 0.25) is 5.69 Å². The summed E-state index contributed by atoms with van der Waals surface area (Å²) in [5.41, 5.74) is 0.242. The molecule has 2 heterocycles. The highest BCUT2D eigenvalue weighted by atomic mass is 16.5. The predicted molar refractivity (Wildman–Crippen MR) is 121 cm³/mol. The van der Waals surface area contributed by atoms with Crippen molar-refractivity contribution in [3.05, 3.63) is 64.2 Å². The van der Waals surface area contributed by atoms with Crippen LogP contribution in [0.5, 0.6) is 11.5 Å². The first-order valence-corrected chi connectivity index (χ1v) is 9.94. The largest absolute Gasteiger partial charge is 0.497 e. The molecule has 34 heavy (non-hydrogen) atoms. The molecule has 0 bridgehead atoms. The lowest BCUT2D eigenvalue weighted by Crippen LogP contribution is -2.18. The molecule has 4 rings (SSSR count). The Morgan fingerprint density at radius 1 is 0.853 bits per heavy atom. The number of methoxy groups -OCH3 is 4. The summed E-state index contributed by atoms with van der Waals surface area (Å²) in [7, 11) is 5.35. The summed E-state index contributed by atoms with van der Waals surface area (Å²) < 4.78 is 21.3. The van der Waals surface area contributed by atoms with Crippen molar-refractivity contribution >= 4 is 22.7 Å². The van der Waals surface area contributed by atoms with Gasteiger partial charge in [-0.2, -0.15) is 0 Å². The number of carbonyl (C=O) groups is 2. The number of fused-ring (bicyclic) bond motifs is 1. The highest BCUT2D eigenvalue weighted by Crippen LogP contribution is 2.33. The van der Waals surface area contributed by atoms with Crippen molar-refractivity contribution < 1.29 is 28.5 Å². The van der Waals surface area contributed by atoms with Crippen LogP contribution < -0.4 is 15.0 Å². The average molecular weight is 464 g/mol. The molecule has 0 fully saturated rings. The van der Waals surface area contributed by atoms with Crippen molar-refractivity contribution in [2.75, 3.05) is 28.4 Å². The summed E-state index contributed by atoms with van der Waals surface area (Å²) in [6, 6.07) is 11.8. The zero-order chi connectivity index (χ0) is 24.4. The van der Waals surface area contributed by atoms with Crippen LogP contribution in [0.2, 0.25) is 0 Å². The van der Waals surface area contributed by atoms with Gasteiger partial charge in [-0.25, -0.2) is 14.3 Å². The molecule has 1 N–H and O–H groups in total. The third kappa shape index (κ3) is 3.72. The van der Waals surface area contributed by atoms with Crippen molar-refractivity contribution in [3.8, 4) is 28.4 Å². The number of nitrogens with zero attached hydrogens (tertiary/aromatic N) is 3. The Morgan fingerprint density at radius 2 is 1.50 bits per heavy atom. The number of esters is 2.